The predicted molar refractivity (Wildman–Crippen MR) is 79.5 cm³/mol. The third kappa shape index (κ3) is 1.97. The summed E-state index contributed by atoms with van der Waals surface area (Å²) >= 11 is 1.51. The van der Waals surface area contributed by atoms with Crippen LogP contribution in [0.3, 0.4) is 0 Å². The van der Waals surface area contributed by atoms with Gasteiger partial charge in [-0.15, -0.1) is 11.3 Å². The number of carbonyl (C=O) groups is 1. The van der Waals surface area contributed by atoms with E-state index in [-0.39, 0.29) is 5.43 Å². The zero-order valence-electron chi connectivity index (χ0n) is 10.7. The summed E-state index contributed by atoms with van der Waals surface area (Å²) in [6, 6.07) is 12.3. The highest BCUT2D eigenvalue weighted by molar-refractivity contribution is 7.24. The molecule has 1 aromatic heterocycles. The van der Waals surface area contributed by atoms with Gasteiger partial charge in [0.25, 0.3) is 5.91 Å². The van der Waals surface area contributed by atoms with Crippen LogP contribution in [0, 0.1) is 0 Å². The average molecular weight is 285 g/mol. The maximum Gasteiger partial charge on any atom is 0.276 e. The summed E-state index contributed by atoms with van der Waals surface area (Å²) in [4.78, 5) is 24.2. The molecule has 0 saturated carbocycles. The number of nitrogens with zero attached hydrogens (tertiary/aromatic N) is 1. The second-order valence-electron chi connectivity index (χ2n) is 4.47. The minimum absolute atomic E-state index is 0.0930. The van der Waals surface area contributed by atoms with Crippen molar-refractivity contribution in [3.63, 3.8) is 0 Å². The van der Waals surface area contributed by atoms with Gasteiger partial charge in [-0.25, -0.2) is 5.06 Å². The number of carbonyl (C=O) groups excluding carboxylic acids is 1. The fourth-order valence-corrected chi connectivity index (χ4v) is 3.17. The maximum absolute atomic E-state index is 12.5. The lowest BCUT2D eigenvalue weighted by Crippen LogP contribution is -2.22. The number of hydroxylamine groups is 2. The smallest absolute Gasteiger partial charge is 0.276 e. The summed E-state index contributed by atoms with van der Waals surface area (Å²) in [6.07, 6.45) is 0. The number of amides is 1. The summed E-state index contributed by atoms with van der Waals surface area (Å²) < 4.78 is 1.74. The molecule has 2 aromatic carbocycles. The number of rotatable bonds is 1. The Morgan fingerprint density at radius 1 is 1.10 bits per heavy atom. The molecule has 0 radical (unpaired) electrons. The van der Waals surface area contributed by atoms with E-state index >= 15 is 0 Å². The van der Waals surface area contributed by atoms with E-state index in [1.54, 1.807) is 18.2 Å². The van der Waals surface area contributed by atoms with Crippen LogP contribution in [0.25, 0.3) is 20.2 Å². The van der Waals surface area contributed by atoms with Crippen molar-refractivity contribution in [3.8, 4) is 0 Å². The second-order valence-corrected chi connectivity index (χ2v) is 5.55. The average Bonchev–Trinajstić information content (AvgIpc) is 2.46. The molecule has 1 heterocycles. The van der Waals surface area contributed by atoms with E-state index in [2.05, 4.69) is 0 Å². The summed E-state index contributed by atoms with van der Waals surface area (Å²) in [5.74, 6) is -0.538. The topological polar surface area (TPSA) is 57.6 Å². The maximum atomic E-state index is 12.5. The Morgan fingerprint density at radius 2 is 1.80 bits per heavy atom. The zero-order valence-corrected chi connectivity index (χ0v) is 11.5. The summed E-state index contributed by atoms with van der Waals surface area (Å²) in [5.41, 5.74) is 0.201. The summed E-state index contributed by atoms with van der Waals surface area (Å²) in [6.45, 7) is 0. The molecule has 3 aromatic rings. The molecule has 0 atom stereocenters. The third-order valence-corrected chi connectivity index (χ3v) is 4.27. The van der Waals surface area contributed by atoms with Gasteiger partial charge in [0, 0.05) is 32.8 Å². The molecule has 0 aliphatic carbocycles. The molecule has 0 unspecified atom stereocenters. The van der Waals surface area contributed by atoms with Gasteiger partial charge >= 0.3 is 0 Å². The Kier molecular flexibility index (Phi) is 3.00. The SMILES string of the molecule is CN(O)C(=O)c1ccc2sc3ccccc3c(=O)c2c1. The van der Waals surface area contributed by atoms with E-state index in [9.17, 15) is 14.8 Å². The standard InChI is InChI=1S/C15H11NO3S/c1-16(19)15(18)9-6-7-13-11(8-9)14(17)10-4-2-3-5-12(10)20-13/h2-8,19H,1H3. The Bertz CT molecular complexity index is 883. The molecule has 0 saturated heterocycles. The normalized spacial score (nSPS) is 10.9. The molecule has 1 N–H and O–H groups in total. The highest BCUT2D eigenvalue weighted by Gasteiger charge is 2.12. The first kappa shape index (κ1) is 12.8. The highest BCUT2D eigenvalue weighted by Crippen LogP contribution is 2.25. The second kappa shape index (κ2) is 4.70. The van der Waals surface area contributed by atoms with Gasteiger partial charge in [-0.1, -0.05) is 12.1 Å². The van der Waals surface area contributed by atoms with Gasteiger partial charge in [-0.3, -0.25) is 14.8 Å². The van der Waals surface area contributed by atoms with Gasteiger partial charge in [-0.2, -0.15) is 0 Å². The van der Waals surface area contributed by atoms with E-state index < -0.39 is 5.91 Å². The van der Waals surface area contributed by atoms with Crippen molar-refractivity contribution >= 4 is 37.4 Å². The van der Waals surface area contributed by atoms with E-state index in [0.717, 1.165) is 9.40 Å². The van der Waals surface area contributed by atoms with Crippen molar-refractivity contribution in [2.75, 3.05) is 7.05 Å². The fraction of sp³-hybridized carbons (Fsp3) is 0.0667. The molecular formula is C15H11NO3S. The lowest BCUT2D eigenvalue weighted by atomic mass is 10.1. The summed E-state index contributed by atoms with van der Waals surface area (Å²) in [5, 5.41) is 10.9. The molecule has 4 nitrogen and oxygen atoms in total. The molecule has 1 amide bonds. The van der Waals surface area contributed by atoms with Crippen molar-refractivity contribution in [3.05, 3.63) is 58.3 Å². The van der Waals surface area contributed by atoms with E-state index in [0.29, 0.717) is 21.4 Å². The molecule has 100 valence electrons. The van der Waals surface area contributed by atoms with Crippen molar-refractivity contribution in [2.24, 2.45) is 0 Å². The highest BCUT2D eigenvalue weighted by atomic mass is 32.1. The van der Waals surface area contributed by atoms with Gasteiger partial charge in [-0.05, 0) is 30.3 Å². The van der Waals surface area contributed by atoms with Crippen molar-refractivity contribution < 1.29 is 10.0 Å². The van der Waals surface area contributed by atoms with Gasteiger partial charge < -0.3 is 0 Å². The Labute approximate surface area is 118 Å². The zero-order chi connectivity index (χ0) is 14.3. The molecule has 20 heavy (non-hydrogen) atoms. The van der Waals surface area contributed by atoms with E-state index in [1.807, 2.05) is 18.2 Å². The van der Waals surface area contributed by atoms with E-state index in [4.69, 9.17) is 0 Å². The Hall–Kier alpha value is -2.24. The first-order valence-corrected chi connectivity index (χ1v) is 6.82. The lowest BCUT2D eigenvalue weighted by Gasteiger charge is -2.08. The molecule has 0 aliphatic rings. The van der Waals surface area contributed by atoms with Crippen molar-refractivity contribution in [2.45, 2.75) is 0 Å². The Balaban J connectivity index is 2.34. The molecule has 0 spiro atoms. The van der Waals surface area contributed by atoms with Gasteiger partial charge in [0.05, 0.1) is 0 Å². The molecule has 3 rings (SSSR count). The van der Waals surface area contributed by atoms with Crippen LogP contribution in [0.2, 0.25) is 0 Å². The van der Waals surface area contributed by atoms with Crippen LogP contribution >= 0.6 is 11.3 Å². The molecule has 5 heteroatoms. The monoisotopic (exact) mass is 285 g/mol. The molecule has 0 aliphatic heterocycles. The first-order valence-electron chi connectivity index (χ1n) is 6.00. The quantitative estimate of drug-likeness (QED) is 0.425. The van der Waals surface area contributed by atoms with E-state index in [1.165, 1.54) is 24.5 Å². The van der Waals surface area contributed by atoms with Crippen LogP contribution in [-0.4, -0.2) is 23.2 Å². The van der Waals surface area contributed by atoms with Crippen LogP contribution in [0.15, 0.2) is 47.3 Å². The van der Waals surface area contributed by atoms with Gasteiger partial charge in [0.15, 0.2) is 5.43 Å². The van der Waals surface area contributed by atoms with Crippen LogP contribution in [0.5, 0.6) is 0 Å². The first-order chi connectivity index (χ1) is 9.58. The lowest BCUT2D eigenvalue weighted by molar-refractivity contribution is -0.0374. The van der Waals surface area contributed by atoms with Crippen LogP contribution in [0.4, 0.5) is 0 Å². The number of hydrogen-bond acceptors (Lipinski definition) is 4. The fourth-order valence-electron chi connectivity index (χ4n) is 2.12. The largest absolute Gasteiger partial charge is 0.289 e. The Morgan fingerprint density at radius 3 is 2.55 bits per heavy atom. The molecule has 0 fully saturated rings. The van der Waals surface area contributed by atoms with Gasteiger partial charge in [0.2, 0.25) is 0 Å². The third-order valence-electron chi connectivity index (χ3n) is 3.12. The predicted octanol–water partition coefficient (Wildman–Crippen LogP) is 2.88. The van der Waals surface area contributed by atoms with Gasteiger partial charge in [0.1, 0.15) is 0 Å². The molecular weight excluding hydrogens is 274 g/mol. The minimum atomic E-state index is -0.538. The van der Waals surface area contributed by atoms with Crippen molar-refractivity contribution in [1.29, 1.82) is 0 Å². The number of hydrogen-bond donors (Lipinski definition) is 1. The minimum Gasteiger partial charge on any atom is -0.289 e. The summed E-state index contributed by atoms with van der Waals surface area (Å²) in [7, 11) is 1.26. The van der Waals surface area contributed by atoms with Crippen molar-refractivity contribution in [1.82, 2.24) is 5.06 Å². The van der Waals surface area contributed by atoms with Crippen LogP contribution < -0.4 is 5.43 Å². The number of benzene rings is 2. The molecule has 0 bridgehead atoms. The van der Waals surface area contributed by atoms with Crippen LogP contribution in [-0.2, 0) is 0 Å². The van der Waals surface area contributed by atoms with Crippen LogP contribution in [0.1, 0.15) is 10.4 Å². The number of fused-ring (bicyclic) bond motifs is 2.